The van der Waals surface area contributed by atoms with E-state index in [9.17, 15) is 14.7 Å². The van der Waals surface area contributed by atoms with E-state index in [2.05, 4.69) is 21.2 Å². The van der Waals surface area contributed by atoms with Crippen molar-refractivity contribution in [1.82, 2.24) is 0 Å². The highest BCUT2D eigenvalue weighted by atomic mass is 79.9. The molecule has 5 heteroatoms. The number of benzene rings is 1. The molecular formula is C16H18BrNO3. The Labute approximate surface area is 132 Å². The van der Waals surface area contributed by atoms with Gasteiger partial charge in [-0.3, -0.25) is 9.59 Å². The third-order valence-electron chi connectivity index (χ3n) is 3.79. The average molecular weight is 352 g/mol. The van der Waals surface area contributed by atoms with Crippen LogP contribution in [0.25, 0.3) is 0 Å². The van der Waals surface area contributed by atoms with E-state index in [4.69, 9.17) is 0 Å². The van der Waals surface area contributed by atoms with Crippen LogP contribution in [0.3, 0.4) is 0 Å². The van der Waals surface area contributed by atoms with Crippen molar-refractivity contribution in [3.05, 3.63) is 40.4 Å². The topological polar surface area (TPSA) is 66.4 Å². The average Bonchev–Trinajstić information content (AvgIpc) is 2.48. The van der Waals surface area contributed by atoms with Crippen LogP contribution >= 0.6 is 15.9 Å². The predicted octanol–water partition coefficient (Wildman–Crippen LogP) is 3.62. The summed E-state index contributed by atoms with van der Waals surface area (Å²) in [7, 11) is 0. The fourth-order valence-corrected chi connectivity index (χ4v) is 2.99. The first-order chi connectivity index (χ1) is 10.0. The molecule has 0 fully saturated rings. The lowest BCUT2D eigenvalue weighted by atomic mass is 9.82. The fraction of sp³-hybridized carbons (Fsp3) is 0.375. The lowest BCUT2D eigenvalue weighted by molar-refractivity contribution is -0.146. The molecule has 112 valence electrons. The molecule has 0 aliphatic heterocycles. The summed E-state index contributed by atoms with van der Waals surface area (Å²) in [5.41, 5.74) is 1.78. The van der Waals surface area contributed by atoms with Crippen molar-refractivity contribution in [2.45, 2.75) is 26.2 Å². The molecular weight excluding hydrogens is 334 g/mol. The summed E-state index contributed by atoms with van der Waals surface area (Å²) in [4.78, 5) is 23.7. The molecule has 0 radical (unpaired) electrons. The van der Waals surface area contributed by atoms with Gasteiger partial charge in [0.25, 0.3) is 0 Å². The van der Waals surface area contributed by atoms with E-state index in [0.717, 1.165) is 22.1 Å². The standard InChI is InChI=1S/C16H18BrNO3/c1-2-10-9-11(17)7-8-14(10)18-15(19)12-5-3-4-6-13(12)16(20)21/h3-4,7-9,12-13H,2,5-6H2,1H3,(H,18,19)(H,20,21). The summed E-state index contributed by atoms with van der Waals surface area (Å²) < 4.78 is 0.960. The minimum absolute atomic E-state index is 0.219. The second kappa shape index (κ2) is 6.89. The van der Waals surface area contributed by atoms with Crippen LogP contribution in [0.1, 0.15) is 25.3 Å². The molecule has 0 heterocycles. The van der Waals surface area contributed by atoms with Crippen LogP contribution in [-0.4, -0.2) is 17.0 Å². The molecule has 0 spiro atoms. The van der Waals surface area contributed by atoms with Crippen molar-refractivity contribution < 1.29 is 14.7 Å². The van der Waals surface area contributed by atoms with Crippen LogP contribution in [-0.2, 0) is 16.0 Å². The van der Waals surface area contributed by atoms with E-state index in [1.165, 1.54) is 0 Å². The van der Waals surface area contributed by atoms with Crippen molar-refractivity contribution in [2.75, 3.05) is 5.32 Å². The largest absolute Gasteiger partial charge is 0.481 e. The number of hydrogen-bond donors (Lipinski definition) is 2. The number of aliphatic carboxylic acids is 1. The number of carbonyl (C=O) groups is 2. The Morgan fingerprint density at radius 2 is 1.95 bits per heavy atom. The third-order valence-corrected chi connectivity index (χ3v) is 4.29. The molecule has 0 bridgehead atoms. The first-order valence-electron chi connectivity index (χ1n) is 7.00. The SMILES string of the molecule is CCc1cc(Br)ccc1NC(=O)C1CC=CCC1C(=O)O. The van der Waals surface area contributed by atoms with Crippen LogP contribution in [0.15, 0.2) is 34.8 Å². The number of carbonyl (C=O) groups excluding carboxylic acids is 1. The quantitative estimate of drug-likeness (QED) is 0.814. The van der Waals surface area contributed by atoms with Gasteiger partial charge >= 0.3 is 5.97 Å². The highest BCUT2D eigenvalue weighted by molar-refractivity contribution is 9.10. The Morgan fingerprint density at radius 1 is 1.29 bits per heavy atom. The lowest BCUT2D eigenvalue weighted by Crippen LogP contribution is -2.34. The van der Waals surface area contributed by atoms with Gasteiger partial charge in [0.15, 0.2) is 0 Å². The van der Waals surface area contributed by atoms with Gasteiger partial charge in [-0.05, 0) is 43.0 Å². The first-order valence-corrected chi connectivity index (χ1v) is 7.79. The number of carboxylic acids is 1. The minimum atomic E-state index is -0.911. The smallest absolute Gasteiger partial charge is 0.307 e. The van der Waals surface area contributed by atoms with Crippen LogP contribution in [0.4, 0.5) is 5.69 Å². The monoisotopic (exact) mass is 351 g/mol. The van der Waals surface area contributed by atoms with Gasteiger partial charge in [-0.25, -0.2) is 0 Å². The highest BCUT2D eigenvalue weighted by Crippen LogP contribution is 2.28. The predicted molar refractivity (Wildman–Crippen MR) is 85.1 cm³/mol. The second-order valence-electron chi connectivity index (χ2n) is 5.14. The van der Waals surface area contributed by atoms with Crippen molar-refractivity contribution in [1.29, 1.82) is 0 Å². The van der Waals surface area contributed by atoms with Crippen LogP contribution < -0.4 is 5.32 Å². The Hall–Kier alpha value is -1.62. The maximum absolute atomic E-state index is 12.4. The number of halogens is 1. The van der Waals surface area contributed by atoms with Crippen molar-refractivity contribution in [2.24, 2.45) is 11.8 Å². The Balaban J connectivity index is 2.17. The summed E-state index contributed by atoms with van der Waals surface area (Å²) in [5.74, 6) is -2.29. The van der Waals surface area contributed by atoms with Gasteiger partial charge < -0.3 is 10.4 Å². The van der Waals surface area contributed by atoms with Gasteiger partial charge in [0.05, 0.1) is 11.8 Å². The molecule has 2 unspecified atom stereocenters. The minimum Gasteiger partial charge on any atom is -0.481 e. The molecule has 2 atom stereocenters. The number of allylic oxidation sites excluding steroid dienone is 2. The summed E-state index contributed by atoms with van der Waals surface area (Å²) in [6, 6.07) is 5.67. The maximum atomic E-state index is 12.4. The second-order valence-corrected chi connectivity index (χ2v) is 6.05. The summed E-state index contributed by atoms with van der Waals surface area (Å²) in [6.45, 7) is 2.01. The van der Waals surface area contributed by atoms with Gasteiger partial charge in [-0.15, -0.1) is 0 Å². The number of amides is 1. The van der Waals surface area contributed by atoms with Crippen LogP contribution in [0.2, 0.25) is 0 Å². The van der Waals surface area contributed by atoms with Gasteiger partial charge in [0.1, 0.15) is 0 Å². The lowest BCUT2D eigenvalue weighted by Gasteiger charge is -2.24. The molecule has 4 nitrogen and oxygen atoms in total. The number of rotatable bonds is 4. The van der Waals surface area contributed by atoms with Crippen LogP contribution in [0.5, 0.6) is 0 Å². The number of nitrogens with one attached hydrogen (secondary N) is 1. The first kappa shape index (κ1) is 15.8. The summed E-state index contributed by atoms with van der Waals surface area (Å²) >= 11 is 3.41. The summed E-state index contributed by atoms with van der Waals surface area (Å²) in [5, 5.41) is 12.1. The molecule has 0 saturated carbocycles. The van der Waals surface area contributed by atoms with Crippen molar-refractivity contribution in [3.63, 3.8) is 0 Å². The van der Waals surface area contributed by atoms with Gasteiger partial charge in [0, 0.05) is 10.2 Å². The zero-order chi connectivity index (χ0) is 15.4. The van der Waals surface area contributed by atoms with E-state index < -0.39 is 17.8 Å². The molecule has 21 heavy (non-hydrogen) atoms. The van der Waals surface area contributed by atoms with Gasteiger partial charge in [-0.2, -0.15) is 0 Å². The highest BCUT2D eigenvalue weighted by Gasteiger charge is 2.34. The number of anilines is 1. The molecule has 1 aliphatic rings. The Morgan fingerprint density at radius 3 is 2.57 bits per heavy atom. The zero-order valence-corrected chi connectivity index (χ0v) is 13.4. The van der Waals surface area contributed by atoms with E-state index in [1.807, 2.05) is 37.3 Å². The van der Waals surface area contributed by atoms with E-state index in [1.54, 1.807) is 0 Å². The van der Waals surface area contributed by atoms with Gasteiger partial charge in [0.2, 0.25) is 5.91 Å². The zero-order valence-electron chi connectivity index (χ0n) is 11.8. The number of hydrogen-bond acceptors (Lipinski definition) is 2. The molecule has 0 aromatic heterocycles. The molecule has 1 aliphatic carbocycles. The van der Waals surface area contributed by atoms with Gasteiger partial charge in [-0.1, -0.05) is 35.0 Å². The third kappa shape index (κ3) is 3.73. The maximum Gasteiger partial charge on any atom is 0.307 e. The summed E-state index contributed by atoms with van der Waals surface area (Å²) in [6.07, 6.45) is 5.39. The number of aryl methyl sites for hydroxylation is 1. The molecule has 1 aromatic carbocycles. The molecule has 1 amide bonds. The normalized spacial score (nSPS) is 21.0. The molecule has 1 aromatic rings. The van der Waals surface area contributed by atoms with E-state index in [0.29, 0.717) is 12.8 Å². The molecule has 2 N–H and O–H groups in total. The van der Waals surface area contributed by atoms with Crippen molar-refractivity contribution >= 4 is 33.5 Å². The van der Waals surface area contributed by atoms with Crippen LogP contribution in [0, 0.1) is 11.8 Å². The Kier molecular flexibility index (Phi) is 5.17. The fourth-order valence-electron chi connectivity index (χ4n) is 2.58. The Bertz CT molecular complexity index is 583. The molecule has 2 rings (SSSR count). The van der Waals surface area contributed by atoms with E-state index >= 15 is 0 Å². The van der Waals surface area contributed by atoms with E-state index in [-0.39, 0.29) is 5.91 Å². The van der Waals surface area contributed by atoms with Crippen molar-refractivity contribution in [3.8, 4) is 0 Å². The number of carboxylic acid groups (broad SMARTS) is 1. The molecule has 0 saturated heterocycles.